The van der Waals surface area contributed by atoms with E-state index in [0.29, 0.717) is 12.6 Å². The van der Waals surface area contributed by atoms with Crippen molar-refractivity contribution in [3.8, 4) is 0 Å². The SMILES string of the molecule is CCN(CC(=O)NC(=O)NC)C1CC1. The van der Waals surface area contributed by atoms with Gasteiger partial charge in [0.05, 0.1) is 6.54 Å². The van der Waals surface area contributed by atoms with Crippen molar-refractivity contribution in [2.24, 2.45) is 0 Å². The molecule has 14 heavy (non-hydrogen) atoms. The van der Waals surface area contributed by atoms with Crippen LogP contribution < -0.4 is 10.6 Å². The monoisotopic (exact) mass is 199 g/mol. The molecule has 2 N–H and O–H groups in total. The van der Waals surface area contributed by atoms with Crippen molar-refractivity contribution in [3.05, 3.63) is 0 Å². The molecule has 1 saturated carbocycles. The molecule has 0 spiro atoms. The summed E-state index contributed by atoms with van der Waals surface area (Å²) in [4.78, 5) is 24.2. The first-order valence-corrected chi connectivity index (χ1v) is 4.93. The topological polar surface area (TPSA) is 61.4 Å². The van der Waals surface area contributed by atoms with Gasteiger partial charge >= 0.3 is 6.03 Å². The Labute approximate surface area is 83.8 Å². The summed E-state index contributed by atoms with van der Waals surface area (Å²) in [7, 11) is 1.49. The predicted octanol–water partition coefficient (Wildman–Crippen LogP) is -0.0737. The van der Waals surface area contributed by atoms with Gasteiger partial charge in [0.25, 0.3) is 0 Å². The number of amides is 3. The van der Waals surface area contributed by atoms with Crippen molar-refractivity contribution >= 4 is 11.9 Å². The third-order valence-electron chi connectivity index (χ3n) is 2.30. The van der Waals surface area contributed by atoms with E-state index in [1.54, 1.807) is 0 Å². The number of hydrogen-bond acceptors (Lipinski definition) is 3. The van der Waals surface area contributed by atoms with Crippen molar-refractivity contribution in [2.75, 3.05) is 20.1 Å². The van der Waals surface area contributed by atoms with Crippen molar-refractivity contribution in [1.29, 1.82) is 0 Å². The maximum atomic E-state index is 11.3. The fourth-order valence-electron chi connectivity index (χ4n) is 1.35. The molecule has 1 fully saturated rings. The summed E-state index contributed by atoms with van der Waals surface area (Å²) in [6.07, 6.45) is 2.34. The quantitative estimate of drug-likeness (QED) is 0.666. The summed E-state index contributed by atoms with van der Waals surface area (Å²) in [5, 5.41) is 4.59. The van der Waals surface area contributed by atoms with Crippen LogP contribution in [0, 0.1) is 0 Å². The Bertz CT molecular complexity index is 226. The van der Waals surface area contributed by atoms with Gasteiger partial charge in [-0.1, -0.05) is 6.92 Å². The lowest BCUT2D eigenvalue weighted by molar-refractivity contribution is -0.121. The van der Waals surface area contributed by atoms with Crippen molar-refractivity contribution < 1.29 is 9.59 Å². The van der Waals surface area contributed by atoms with Gasteiger partial charge < -0.3 is 5.32 Å². The normalized spacial score (nSPS) is 15.4. The number of urea groups is 1. The Morgan fingerprint density at radius 1 is 1.43 bits per heavy atom. The molecule has 1 rings (SSSR count). The molecule has 80 valence electrons. The van der Waals surface area contributed by atoms with Crippen molar-refractivity contribution in [3.63, 3.8) is 0 Å². The number of nitrogens with one attached hydrogen (secondary N) is 2. The fourth-order valence-corrected chi connectivity index (χ4v) is 1.35. The Balaban J connectivity index is 2.27. The van der Waals surface area contributed by atoms with Gasteiger partial charge in [-0.3, -0.25) is 15.0 Å². The average molecular weight is 199 g/mol. The van der Waals surface area contributed by atoms with Gasteiger partial charge in [-0.2, -0.15) is 0 Å². The van der Waals surface area contributed by atoms with Crippen LogP contribution >= 0.6 is 0 Å². The molecule has 0 saturated heterocycles. The van der Waals surface area contributed by atoms with Crippen LogP contribution in [0.25, 0.3) is 0 Å². The Hall–Kier alpha value is -1.10. The van der Waals surface area contributed by atoms with Crippen LogP contribution in [0.4, 0.5) is 4.79 Å². The van der Waals surface area contributed by atoms with E-state index in [4.69, 9.17) is 0 Å². The minimum Gasteiger partial charge on any atom is -0.341 e. The molecule has 0 aromatic carbocycles. The number of imide groups is 1. The van der Waals surface area contributed by atoms with Crippen molar-refractivity contribution in [2.45, 2.75) is 25.8 Å². The van der Waals surface area contributed by atoms with E-state index in [-0.39, 0.29) is 5.91 Å². The smallest absolute Gasteiger partial charge is 0.321 e. The molecule has 0 aromatic rings. The van der Waals surface area contributed by atoms with Crippen LogP contribution in [0.3, 0.4) is 0 Å². The minimum atomic E-state index is -0.443. The maximum absolute atomic E-state index is 11.3. The number of carbonyl (C=O) groups is 2. The largest absolute Gasteiger partial charge is 0.341 e. The predicted molar refractivity (Wildman–Crippen MR) is 52.9 cm³/mol. The Morgan fingerprint density at radius 3 is 2.50 bits per heavy atom. The molecule has 0 unspecified atom stereocenters. The van der Waals surface area contributed by atoms with Crippen LogP contribution in [-0.4, -0.2) is 43.0 Å². The highest BCUT2D eigenvalue weighted by Crippen LogP contribution is 2.25. The lowest BCUT2D eigenvalue weighted by Crippen LogP contribution is -2.44. The number of hydrogen-bond donors (Lipinski definition) is 2. The molecule has 0 aromatic heterocycles. The van der Waals surface area contributed by atoms with E-state index in [2.05, 4.69) is 15.5 Å². The van der Waals surface area contributed by atoms with E-state index in [0.717, 1.165) is 6.54 Å². The first-order valence-electron chi connectivity index (χ1n) is 4.93. The molecular weight excluding hydrogens is 182 g/mol. The molecule has 0 radical (unpaired) electrons. The number of nitrogens with zero attached hydrogens (tertiary/aromatic N) is 1. The standard InChI is InChI=1S/C9H17N3O2/c1-3-12(7-4-5-7)6-8(13)11-9(14)10-2/h7H,3-6H2,1-2H3,(H2,10,11,13,14). The van der Waals surface area contributed by atoms with E-state index in [9.17, 15) is 9.59 Å². The number of carbonyl (C=O) groups excluding carboxylic acids is 2. The number of rotatable bonds is 4. The summed E-state index contributed by atoms with van der Waals surface area (Å²) >= 11 is 0. The molecule has 5 nitrogen and oxygen atoms in total. The number of likely N-dealkylation sites (N-methyl/N-ethyl adjacent to an activating group) is 1. The molecule has 0 heterocycles. The molecule has 1 aliphatic carbocycles. The van der Waals surface area contributed by atoms with Gasteiger partial charge in [-0.25, -0.2) is 4.79 Å². The molecular formula is C9H17N3O2. The Kier molecular flexibility index (Phi) is 3.88. The second-order valence-corrected chi connectivity index (χ2v) is 3.42. The van der Waals surface area contributed by atoms with Crippen LogP contribution in [-0.2, 0) is 4.79 Å². The first-order chi connectivity index (χ1) is 6.67. The lowest BCUT2D eigenvalue weighted by atomic mass is 10.4. The van der Waals surface area contributed by atoms with Crippen LogP contribution in [0.15, 0.2) is 0 Å². The molecule has 0 bridgehead atoms. The highest BCUT2D eigenvalue weighted by molar-refractivity contribution is 5.95. The maximum Gasteiger partial charge on any atom is 0.321 e. The van der Waals surface area contributed by atoms with Crippen LogP contribution in [0.1, 0.15) is 19.8 Å². The van der Waals surface area contributed by atoms with E-state index >= 15 is 0 Å². The van der Waals surface area contributed by atoms with Crippen LogP contribution in [0.5, 0.6) is 0 Å². The van der Waals surface area contributed by atoms with Gasteiger partial charge in [-0.05, 0) is 19.4 Å². The lowest BCUT2D eigenvalue weighted by Gasteiger charge is -2.18. The first kappa shape index (κ1) is 11.0. The molecule has 1 aliphatic rings. The Morgan fingerprint density at radius 2 is 2.07 bits per heavy atom. The average Bonchev–Trinajstić information content (AvgIpc) is 2.97. The van der Waals surface area contributed by atoms with E-state index < -0.39 is 6.03 Å². The molecule has 0 atom stereocenters. The van der Waals surface area contributed by atoms with Gasteiger partial charge in [-0.15, -0.1) is 0 Å². The summed E-state index contributed by atoms with van der Waals surface area (Å²) in [6, 6.07) is 0.109. The third kappa shape index (κ3) is 3.33. The summed E-state index contributed by atoms with van der Waals surface area (Å²) < 4.78 is 0. The zero-order valence-corrected chi connectivity index (χ0v) is 8.67. The molecule has 0 aliphatic heterocycles. The summed E-state index contributed by atoms with van der Waals surface area (Å²) in [5.74, 6) is -0.238. The highest BCUT2D eigenvalue weighted by Gasteiger charge is 2.29. The highest BCUT2D eigenvalue weighted by atomic mass is 16.2. The third-order valence-corrected chi connectivity index (χ3v) is 2.30. The van der Waals surface area contributed by atoms with Gasteiger partial charge in [0.2, 0.25) is 5.91 Å². The molecule has 3 amide bonds. The van der Waals surface area contributed by atoms with Crippen LogP contribution in [0.2, 0.25) is 0 Å². The van der Waals surface area contributed by atoms with E-state index in [1.807, 2.05) is 6.92 Å². The molecule has 5 heteroatoms. The minimum absolute atomic E-state index is 0.238. The second kappa shape index (κ2) is 4.95. The fraction of sp³-hybridized carbons (Fsp3) is 0.778. The summed E-state index contributed by atoms with van der Waals surface area (Å²) in [5.41, 5.74) is 0. The zero-order valence-electron chi connectivity index (χ0n) is 8.67. The zero-order chi connectivity index (χ0) is 10.6. The van der Waals surface area contributed by atoms with Crippen molar-refractivity contribution in [1.82, 2.24) is 15.5 Å². The second-order valence-electron chi connectivity index (χ2n) is 3.42. The van der Waals surface area contributed by atoms with Gasteiger partial charge in [0, 0.05) is 13.1 Å². The van der Waals surface area contributed by atoms with Gasteiger partial charge in [0.15, 0.2) is 0 Å². The van der Waals surface area contributed by atoms with E-state index in [1.165, 1.54) is 19.9 Å². The van der Waals surface area contributed by atoms with Gasteiger partial charge in [0.1, 0.15) is 0 Å². The summed E-state index contributed by atoms with van der Waals surface area (Å²) in [6.45, 7) is 3.19.